The summed E-state index contributed by atoms with van der Waals surface area (Å²) in [5, 5.41) is 16.8. The number of nitro benzene ring substituents is 1. The van der Waals surface area contributed by atoms with E-state index in [1.54, 1.807) is 42.5 Å². The van der Waals surface area contributed by atoms with Gasteiger partial charge < -0.3 is 15.5 Å². The molecule has 1 heterocycles. The summed E-state index contributed by atoms with van der Waals surface area (Å²) in [6.07, 6.45) is 1.21. The zero-order valence-electron chi connectivity index (χ0n) is 17.8. The van der Waals surface area contributed by atoms with Crippen LogP contribution in [0.2, 0.25) is 0 Å². The number of nitrogens with zero attached hydrogens (tertiary/aromatic N) is 2. The smallest absolute Gasteiger partial charge is 0.292 e. The van der Waals surface area contributed by atoms with Crippen LogP contribution in [0.25, 0.3) is 0 Å². The summed E-state index contributed by atoms with van der Waals surface area (Å²) in [6.45, 7) is 5.95. The van der Waals surface area contributed by atoms with Crippen molar-refractivity contribution in [3.63, 3.8) is 0 Å². The van der Waals surface area contributed by atoms with E-state index in [9.17, 15) is 19.7 Å². The molecule has 2 atom stereocenters. The van der Waals surface area contributed by atoms with Crippen LogP contribution in [0, 0.1) is 22.0 Å². The lowest BCUT2D eigenvalue weighted by Gasteiger charge is -2.35. The molecule has 3 rings (SSSR count). The molecule has 0 spiro atoms. The molecular formula is C23H28N4O4. The van der Waals surface area contributed by atoms with E-state index in [2.05, 4.69) is 24.5 Å². The van der Waals surface area contributed by atoms with Crippen LogP contribution >= 0.6 is 0 Å². The maximum Gasteiger partial charge on any atom is 0.292 e. The molecule has 0 aromatic heterocycles. The third-order valence-corrected chi connectivity index (χ3v) is 5.36. The fourth-order valence-electron chi connectivity index (χ4n) is 4.08. The highest BCUT2D eigenvalue weighted by Crippen LogP contribution is 2.25. The van der Waals surface area contributed by atoms with Gasteiger partial charge in [-0.2, -0.15) is 0 Å². The van der Waals surface area contributed by atoms with Gasteiger partial charge in [0.1, 0.15) is 5.69 Å². The Kier molecular flexibility index (Phi) is 7.23. The molecule has 1 aliphatic rings. The van der Waals surface area contributed by atoms with Crippen molar-refractivity contribution in [2.24, 2.45) is 11.8 Å². The highest BCUT2D eigenvalue weighted by molar-refractivity contribution is 6.03. The Morgan fingerprint density at radius 3 is 2.32 bits per heavy atom. The molecular weight excluding hydrogens is 396 g/mol. The highest BCUT2D eigenvalue weighted by Gasteiger charge is 2.27. The summed E-state index contributed by atoms with van der Waals surface area (Å²) in [4.78, 5) is 38.0. The van der Waals surface area contributed by atoms with Gasteiger partial charge in [0, 0.05) is 32.1 Å². The molecule has 2 unspecified atom stereocenters. The largest absolute Gasteiger partial charge is 0.379 e. The Morgan fingerprint density at radius 1 is 1.03 bits per heavy atom. The summed E-state index contributed by atoms with van der Waals surface area (Å²) >= 11 is 0. The molecule has 0 saturated carbocycles. The van der Waals surface area contributed by atoms with Gasteiger partial charge in [0.05, 0.1) is 16.2 Å². The predicted octanol–water partition coefficient (Wildman–Crippen LogP) is 4.15. The van der Waals surface area contributed by atoms with Gasteiger partial charge in [-0.15, -0.1) is 0 Å². The van der Waals surface area contributed by atoms with Crippen molar-refractivity contribution in [2.75, 3.05) is 30.3 Å². The van der Waals surface area contributed by atoms with Crippen LogP contribution in [-0.2, 0) is 4.79 Å². The SMILES string of the molecule is CC1CC(C)CN(C(=O)c2ccccc2NC(=O)CCNc2ccccc2[N+](=O)[O-])C1. The molecule has 8 nitrogen and oxygen atoms in total. The van der Waals surface area contributed by atoms with Gasteiger partial charge in [-0.05, 0) is 36.5 Å². The quantitative estimate of drug-likeness (QED) is 0.513. The molecule has 2 aromatic rings. The average Bonchev–Trinajstić information content (AvgIpc) is 2.73. The van der Waals surface area contributed by atoms with E-state index in [1.165, 1.54) is 6.07 Å². The van der Waals surface area contributed by atoms with Crippen LogP contribution in [0.4, 0.5) is 17.1 Å². The van der Waals surface area contributed by atoms with Crippen molar-refractivity contribution < 1.29 is 14.5 Å². The number of anilines is 2. The lowest BCUT2D eigenvalue weighted by atomic mass is 9.91. The monoisotopic (exact) mass is 424 g/mol. The minimum atomic E-state index is -0.466. The fourth-order valence-corrected chi connectivity index (χ4v) is 4.08. The molecule has 8 heteroatoms. The van der Waals surface area contributed by atoms with Crippen molar-refractivity contribution in [1.82, 2.24) is 4.90 Å². The zero-order chi connectivity index (χ0) is 22.4. The number of hydrogen-bond donors (Lipinski definition) is 2. The molecule has 164 valence electrons. The molecule has 0 aliphatic carbocycles. The van der Waals surface area contributed by atoms with Crippen molar-refractivity contribution in [2.45, 2.75) is 26.7 Å². The van der Waals surface area contributed by atoms with Gasteiger partial charge in [-0.25, -0.2) is 0 Å². The Morgan fingerprint density at radius 2 is 1.65 bits per heavy atom. The molecule has 1 aliphatic heterocycles. The van der Waals surface area contributed by atoms with Gasteiger partial charge >= 0.3 is 0 Å². The minimum absolute atomic E-state index is 0.0381. The number of piperidine rings is 1. The van der Waals surface area contributed by atoms with Gasteiger partial charge in [0.2, 0.25) is 5.91 Å². The molecule has 2 amide bonds. The summed E-state index contributed by atoms with van der Waals surface area (Å²) in [6, 6.07) is 13.3. The number of carbonyl (C=O) groups excluding carboxylic acids is 2. The molecule has 31 heavy (non-hydrogen) atoms. The van der Waals surface area contributed by atoms with E-state index in [0.29, 0.717) is 41.9 Å². The fraction of sp³-hybridized carbons (Fsp3) is 0.391. The first-order valence-corrected chi connectivity index (χ1v) is 10.5. The number of amides is 2. The lowest BCUT2D eigenvalue weighted by Crippen LogP contribution is -2.42. The average molecular weight is 425 g/mol. The van der Waals surface area contributed by atoms with Gasteiger partial charge in [-0.3, -0.25) is 19.7 Å². The van der Waals surface area contributed by atoms with E-state index in [1.807, 2.05) is 4.90 Å². The third kappa shape index (κ3) is 5.81. The van der Waals surface area contributed by atoms with E-state index in [0.717, 1.165) is 6.42 Å². The first kappa shape index (κ1) is 22.3. The summed E-state index contributed by atoms with van der Waals surface area (Å²) < 4.78 is 0. The Balaban J connectivity index is 1.61. The van der Waals surface area contributed by atoms with Crippen molar-refractivity contribution >= 4 is 28.9 Å². The number of likely N-dealkylation sites (tertiary alicyclic amines) is 1. The van der Waals surface area contributed by atoms with Gasteiger partial charge in [0.15, 0.2) is 0 Å². The summed E-state index contributed by atoms with van der Waals surface area (Å²) in [5.74, 6) is 0.546. The standard InChI is InChI=1S/C23H28N4O4/c1-16-13-17(2)15-26(14-16)23(29)18-7-3-4-8-19(18)25-22(28)11-12-24-20-9-5-6-10-21(20)27(30)31/h3-10,16-17,24H,11-15H2,1-2H3,(H,25,28). The zero-order valence-corrected chi connectivity index (χ0v) is 17.8. The minimum Gasteiger partial charge on any atom is -0.379 e. The topological polar surface area (TPSA) is 105 Å². The highest BCUT2D eigenvalue weighted by atomic mass is 16.6. The number of hydrogen-bond acceptors (Lipinski definition) is 5. The number of para-hydroxylation sites is 3. The molecule has 0 bridgehead atoms. The van der Waals surface area contributed by atoms with E-state index in [-0.39, 0.29) is 30.5 Å². The van der Waals surface area contributed by atoms with E-state index < -0.39 is 4.92 Å². The lowest BCUT2D eigenvalue weighted by molar-refractivity contribution is -0.384. The molecule has 0 radical (unpaired) electrons. The van der Waals surface area contributed by atoms with E-state index >= 15 is 0 Å². The predicted molar refractivity (Wildman–Crippen MR) is 120 cm³/mol. The number of nitrogens with one attached hydrogen (secondary N) is 2. The first-order chi connectivity index (χ1) is 14.8. The second-order valence-electron chi connectivity index (χ2n) is 8.20. The second kappa shape index (κ2) is 10.1. The van der Waals surface area contributed by atoms with Crippen LogP contribution in [0.15, 0.2) is 48.5 Å². The number of carbonyl (C=O) groups is 2. The third-order valence-electron chi connectivity index (χ3n) is 5.36. The Labute approximate surface area is 181 Å². The normalized spacial score (nSPS) is 18.3. The molecule has 1 saturated heterocycles. The summed E-state index contributed by atoms with van der Waals surface area (Å²) in [7, 11) is 0. The number of nitro groups is 1. The number of rotatable bonds is 7. The van der Waals surface area contributed by atoms with Crippen LogP contribution in [0.1, 0.15) is 37.0 Å². The van der Waals surface area contributed by atoms with Gasteiger partial charge in [-0.1, -0.05) is 38.1 Å². The van der Waals surface area contributed by atoms with Crippen molar-refractivity contribution in [3.05, 3.63) is 64.2 Å². The molecule has 1 fully saturated rings. The van der Waals surface area contributed by atoms with Crippen LogP contribution in [-0.4, -0.2) is 41.3 Å². The maximum absolute atomic E-state index is 13.1. The second-order valence-corrected chi connectivity index (χ2v) is 8.20. The van der Waals surface area contributed by atoms with Crippen LogP contribution in [0.5, 0.6) is 0 Å². The molecule has 2 aromatic carbocycles. The van der Waals surface area contributed by atoms with Crippen molar-refractivity contribution in [3.8, 4) is 0 Å². The van der Waals surface area contributed by atoms with E-state index in [4.69, 9.17) is 0 Å². The van der Waals surface area contributed by atoms with Crippen molar-refractivity contribution in [1.29, 1.82) is 0 Å². The number of benzene rings is 2. The Bertz CT molecular complexity index is 952. The maximum atomic E-state index is 13.1. The Hall–Kier alpha value is -3.42. The van der Waals surface area contributed by atoms with Crippen LogP contribution in [0.3, 0.4) is 0 Å². The first-order valence-electron chi connectivity index (χ1n) is 10.5. The molecule has 2 N–H and O–H groups in total. The summed E-state index contributed by atoms with van der Waals surface area (Å²) in [5.41, 5.74) is 1.28. The van der Waals surface area contributed by atoms with Crippen LogP contribution < -0.4 is 10.6 Å². The van der Waals surface area contributed by atoms with Gasteiger partial charge in [0.25, 0.3) is 11.6 Å².